The van der Waals surface area contributed by atoms with Crippen molar-refractivity contribution in [1.29, 1.82) is 0 Å². The number of carbonyl (C=O) groups is 2. The molecule has 0 aromatic rings. The normalized spacial score (nSPS) is 26.8. The van der Waals surface area contributed by atoms with Crippen molar-refractivity contribution in [3.8, 4) is 0 Å². The van der Waals surface area contributed by atoms with Crippen LogP contribution in [0.25, 0.3) is 0 Å². The molecule has 0 bridgehead atoms. The summed E-state index contributed by atoms with van der Waals surface area (Å²) in [6, 6.07) is -0.385. The molecule has 94 valence electrons. The molecule has 6 N–H and O–H groups in total. The Kier molecular flexibility index (Phi) is 3.81. The van der Waals surface area contributed by atoms with Gasteiger partial charge in [-0.15, -0.1) is 0 Å². The van der Waals surface area contributed by atoms with Crippen molar-refractivity contribution >= 4 is 18.3 Å². The third kappa shape index (κ3) is 2.80. The minimum Gasteiger partial charge on any atom is -0.480 e. The van der Waals surface area contributed by atoms with Gasteiger partial charge in [-0.2, -0.15) is 0 Å². The predicted molar refractivity (Wildman–Crippen MR) is 59.4 cm³/mol. The Labute approximate surface area is 97.2 Å². The van der Waals surface area contributed by atoms with Crippen molar-refractivity contribution in [3.63, 3.8) is 0 Å². The second-order valence-electron chi connectivity index (χ2n) is 3.60. The van der Waals surface area contributed by atoms with Gasteiger partial charge in [0.25, 0.3) is 5.66 Å². The summed E-state index contributed by atoms with van der Waals surface area (Å²) in [4.78, 5) is 25.5. The van der Waals surface area contributed by atoms with Crippen LogP contribution >= 0.6 is 0 Å². The molecule has 0 amide bonds. The van der Waals surface area contributed by atoms with Crippen LogP contribution in [0.2, 0.25) is 0 Å². The smallest absolute Gasteiger partial charge is 0.353 e. The van der Waals surface area contributed by atoms with E-state index in [4.69, 9.17) is 15.9 Å². The fourth-order valence-corrected chi connectivity index (χ4v) is 1.39. The monoisotopic (exact) mass is 242 g/mol. The van der Waals surface area contributed by atoms with Crippen molar-refractivity contribution in [2.24, 2.45) is 10.7 Å². The highest BCUT2D eigenvalue weighted by Crippen LogP contribution is 2.21. The molecular weight excluding hydrogens is 228 g/mol. The van der Waals surface area contributed by atoms with Gasteiger partial charge in [0, 0.05) is 6.04 Å². The molecule has 17 heavy (non-hydrogen) atoms. The van der Waals surface area contributed by atoms with E-state index in [-0.39, 0.29) is 11.7 Å². The van der Waals surface area contributed by atoms with Gasteiger partial charge >= 0.3 is 11.9 Å². The number of carboxylic acid groups (broad SMARTS) is 2. The quantitative estimate of drug-likeness (QED) is 0.387. The van der Waals surface area contributed by atoms with Gasteiger partial charge in [0.2, 0.25) is 0 Å². The van der Waals surface area contributed by atoms with Crippen molar-refractivity contribution < 1.29 is 19.8 Å². The maximum Gasteiger partial charge on any atom is 0.353 e. The fourth-order valence-electron chi connectivity index (χ4n) is 1.39. The Morgan fingerprint density at radius 3 is 2.82 bits per heavy atom. The first kappa shape index (κ1) is 13.1. The molecule has 0 aromatic carbocycles. The highest BCUT2D eigenvalue weighted by Gasteiger charge is 2.45. The van der Waals surface area contributed by atoms with Gasteiger partial charge in [0.05, 0.1) is 18.6 Å². The van der Waals surface area contributed by atoms with Crippen LogP contribution in [0.4, 0.5) is 0 Å². The summed E-state index contributed by atoms with van der Waals surface area (Å²) in [5, 5.41) is 22.7. The summed E-state index contributed by atoms with van der Waals surface area (Å²) < 4.78 is 0. The van der Waals surface area contributed by atoms with Crippen LogP contribution in [-0.4, -0.2) is 46.7 Å². The molecule has 0 radical (unpaired) electrons. The van der Waals surface area contributed by atoms with E-state index < -0.39 is 24.1 Å². The predicted octanol–water partition coefficient (Wildman–Crippen LogP) is -1.70. The number of hydrogen-bond donors (Lipinski definition) is 5. The molecule has 0 saturated heterocycles. The van der Waals surface area contributed by atoms with E-state index in [1.54, 1.807) is 6.92 Å². The second-order valence-corrected chi connectivity index (χ2v) is 3.60. The Balaban J connectivity index is 3.01. The lowest BCUT2D eigenvalue weighted by molar-refractivity contribution is -0.143. The zero-order valence-electron chi connectivity index (χ0n) is 9.17. The average Bonchev–Trinajstić information content (AvgIpc) is 2.58. The molecule has 1 heterocycles. The number of aliphatic imine (C=N–C) groups is 1. The van der Waals surface area contributed by atoms with Gasteiger partial charge in [0.1, 0.15) is 0 Å². The molecule has 0 aliphatic carbocycles. The fraction of sp³-hybridized carbons (Fsp3) is 0.444. The molecule has 1 aliphatic rings. The summed E-state index contributed by atoms with van der Waals surface area (Å²) in [6.45, 7) is 1.14. The van der Waals surface area contributed by atoms with Gasteiger partial charge in [0.15, 0.2) is 0 Å². The molecule has 0 fully saturated rings. The summed E-state index contributed by atoms with van der Waals surface area (Å²) in [5.74, 6) is -2.47. The van der Waals surface area contributed by atoms with Gasteiger partial charge in [-0.05, 0) is 13.0 Å². The molecular formula is C9H14N4O4. The number of hydrogen-bond acceptors (Lipinski definition) is 6. The Hall–Kier alpha value is -1.93. The van der Waals surface area contributed by atoms with Crippen LogP contribution in [-0.2, 0) is 9.59 Å². The van der Waals surface area contributed by atoms with Crippen LogP contribution in [0.15, 0.2) is 16.8 Å². The van der Waals surface area contributed by atoms with E-state index >= 15 is 0 Å². The van der Waals surface area contributed by atoms with E-state index in [1.165, 1.54) is 12.4 Å². The summed E-state index contributed by atoms with van der Waals surface area (Å²) in [6.07, 6.45) is 2.66. The molecule has 0 saturated carbocycles. The van der Waals surface area contributed by atoms with Gasteiger partial charge < -0.3 is 21.3 Å². The number of rotatable bonds is 5. The lowest BCUT2D eigenvalue weighted by Gasteiger charge is -2.23. The van der Waals surface area contributed by atoms with Crippen LogP contribution in [0.3, 0.4) is 0 Å². The first-order valence-electron chi connectivity index (χ1n) is 4.87. The summed E-state index contributed by atoms with van der Waals surface area (Å²) in [5.41, 5.74) is 3.95. The topological polar surface area (TPSA) is 137 Å². The lowest BCUT2D eigenvalue weighted by atomic mass is 10.1. The highest BCUT2D eigenvalue weighted by molar-refractivity contribution is 5.89. The van der Waals surface area contributed by atoms with Gasteiger partial charge in [-0.1, -0.05) is 0 Å². The SMILES string of the molecule is C[C@@H](N)C=C1NC=NC1(NCC(=O)O)C(=O)O. The number of nitrogens with one attached hydrogen (secondary N) is 2. The molecule has 0 aromatic heterocycles. The van der Waals surface area contributed by atoms with Crippen molar-refractivity contribution in [3.05, 3.63) is 11.8 Å². The van der Waals surface area contributed by atoms with Gasteiger partial charge in [-0.3, -0.25) is 10.1 Å². The van der Waals surface area contributed by atoms with E-state index in [2.05, 4.69) is 15.6 Å². The molecule has 1 unspecified atom stereocenters. The Bertz CT molecular complexity index is 390. The number of nitrogens with zero attached hydrogens (tertiary/aromatic N) is 1. The first-order valence-corrected chi connectivity index (χ1v) is 4.87. The lowest BCUT2D eigenvalue weighted by Crippen LogP contribution is -2.53. The summed E-state index contributed by atoms with van der Waals surface area (Å²) in [7, 11) is 0. The van der Waals surface area contributed by atoms with E-state index in [9.17, 15) is 9.59 Å². The van der Waals surface area contributed by atoms with E-state index in [1.807, 2.05) is 0 Å². The third-order valence-corrected chi connectivity index (χ3v) is 2.10. The maximum absolute atomic E-state index is 11.2. The van der Waals surface area contributed by atoms with E-state index in [0.29, 0.717) is 0 Å². The minimum absolute atomic E-state index is 0.209. The maximum atomic E-state index is 11.2. The number of aliphatic carboxylic acids is 2. The standard InChI is InChI=1S/C9H14N4O4/c1-5(10)2-6-9(8(16)17,13-4-11-6)12-3-7(14)15/h2,4-5,12H,3,10H2,1H3,(H,11,13)(H,14,15)(H,16,17)/t5-,9?/m1/s1. The van der Waals surface area contributed by atoms with Crippen LogP contribution in [0.5, 0.6) is 0 Å². The zero-order valence-corrected chi connectivity index (χ0v) is 9.17. The van der Waals surface area contributed by atoms with Gasteiger partial charge in [-0.25, -0.2) is 9.79 Å². The highest BCUT2D eigenvalue weighted by atomic mass is 16.4. The van der Waals surface area contributed by atoms with E-state index in [0.717, 1.165) is 0 Å². The molecule has 8 heteroatoms. The third-order valence-electron chi connectivity index (χ3n) is 2.10. The van der Waals surface area contributed by atoms with Crippen molar-refractivity contribution in [2.45, 2.75) is 18.6 Å². The molecule has 2 atom stereocenters. The number of nitrogens with two attached hydrogens (primary N) is 1. The van der Waals surface area contributed by atoms with Crippen LogP contribution in [0, 0.1) is 0 Å². The minimum atomic E-state index is -1.80. The van der Waals surface area contributed by atoms with Crippen molar-refractivity contribution in [1.82, 2.24) is 10.6 Å². The van der Waals surface area contributed by atoms with Crippen LogP contribution in [0.1, 0.15) is 6.92 Å². The molecule has 8 nitrogen and oxygen atoms in total. The Morgan fingerprint density at radius 1 is 1.71 bits per heavy atom. The molecule has 1 aliphatic heterocycles. The van der Waals surface area contributed by atoms with Crippen molar-refractivity contribution in [2.75, 3.05) is 6.54 Å². The van der Waals surface area contributed by atoms with Crippen LogP contribution < -0.4 is 16.4 Å². The number of carboxylic acids is 2. The summed E-state index contributed by atoms with van der Waals surface area (Å²) >= 11 is 0. The molecule has 0 spiro atoms. The molecule has 1 rings (SSSR count). The average molecular weight is 242 g/mol. The Morgan fingerprint density at radius 2 is 2.35 bits per heavy atom. The second kappa shape index (κ2) is 4.93. The first-order chi connectivity index (χ1) is 7.88. The largest absolute Gasteiger partial charge is 0.480 e. The zero-order chi connectivity index (χ0) is 13.1.